The largest absolute Gasteiger partial charge is 0.396 e. The molecule has 6 atom stereocenters. The van der Waals surface area contributed by atoms with Gasteiger partial charge in [0.15, 0.2) is 6.29 Å². The van der Waals surface area contributed by atoms with E-state index in [1.165, 1.54) is 12.2 Å². The van der Waals surface area contributed by atoms with Gasteiger partial charge in [-0.3, -0.25) is 0 Å². The average molecular weight is 396 g/mol. The van der Waals surface area contributed by atoms with Crippen LogP contribution in [-0.2, 0) is 9.47 Å². The number of rotatable bonds is 9. The Morgan fingerprint density at radius 2 is 1.57 bits per heavy atom. The lowest BCUT2D eigenvalue weighted by molar-refractivity contribution is -0.312. The number of hydrogen-bond acceptors (Lipinski definition) is 8. The minimum atomic E-state index is -1.51. The third kappa shape index (κ3) is 8.53. The Morgan fingerprint density at radius 3 is 2.18 bits per heavy atom. The van der Waals surface area contributed by atoms with Crippen molar-refractivity contribution >= 4 is 0 Å². The van der Waals surface area contributed by atoms with Crippen molar-refractivity contribution < 1.29 is 40.1 Å². The van der Waals surface area contributed by atoms with Crippen molar-refractivity contribution in [1.82, 2.24) is 0 Å². The van der Waals surface area contributed by atoms with Crippen LogP contribution in [0.4, 0.5) is 0 Å². The van der Waals surface area contributed by atoms with E-state index < -0.39 is 43.4 Å². The molecule has 0 spiro atoms. The molecule has 1 aliphatic heterocycles. The zero-order chi connectivity index (χ0) is 20.8. The summed E-state index contributed by atoms with van der Waals surface area (Å²) in [5.74, 6) is 10.6. The van der Waals surface area contributed by atoms with Gasteiger partial charge in [0.1, 0.15) is 24.4 Å². The standard InChI is InChI=1S/C20H28O8/c21-12-9-7-5-3-1-2-4-6-8-10-15(11-13-22)27-20-19(26)18(25)17(24)16(14-23)28-20/h4,6-7,9,15-26H,8,10-14H2/t15-,16+,17+,18-,19+,20+/m0/s1. The predicted molar refractivity (Wildman–Crippen MR) is 100 cm³/mol. The molecular weight excluding hydrogens is 368 g/mol. The van der Waals surface area contributed by atoms with Crippen LogP contribution in [0, 0.1) is 23.7 Å². The molecule has 1 heterocycles. The van der Waals surface area contributed by atoms with E-state index in [1.807, 2.05) is 0 Å². The maximum atomic E-state index is 10.0. The molecule has 156 valence electrons. The predicted octanol–water partition coefficient (Wildman–Crippen LogP) is -1.55. The number of allylic oxidation sites excluding steroid dienone is 3. The van der Waals surface area contributed by atoms with Gasteiger partial charge in [-0.1, -0.05) is 24.0 Å². The van der Waals surface area contributed by atoms with Gasteiger partial charge in [-0.2, -0.15) is 0 Å². The summed E-state index contributed by atoms with van der Waals surface area (Å²) in [5.41, 5.74) is 0. The van der Waals surface area contributed by atoms with E-state index in [4.69, 9.17) is 14.6 Å². The van der Waals surface area contributed by atoms with Crippen LogP contribution in [0.3, 0.4) is 0 Å². The molecule has 8 nitrogen and oxygen atoms in total. The average Bonchev–Trinajstić information content (AvgIpc) is 2.69. The first-order chi connectivity index (χ1) is 13.5. The topological polar surface area (TPSA) is 140 Å². The summed E-state index contributed by atoms with van der Waals surface area (Å²) in [6, 6.07) is 0. The van der Waals surface area contributed by atoms with Crippen molar-refractivity contribution in [2.75, 3.05) is 19.8 Å². The molecule has 1 aliphatic rings. The van der Waals surface area contributed by atoms with Gasteiger partial charge in [0.05, 0.1) is 19.3 Å². The van der Waals surface area contributed by atoms with Gasteiger partial charge < -0.3 is 40.1 Å². The molecule has 0 radical (unpaired) electrons. The van der Waals surface area contributed by atoms with Crippen LogP contribution in [0.5, 0.6) is 0 Å². The Morgan fingerprint density at radius 1 is 0.893 bits per heavy atom. The van der Waals surface area contributed by atoms with E-state index in [-0.39, 0.29) is 19.6 Å². The fourth-order valence-electron chi connectivity index (χ4n) is 2.49. The Bertz CT molecular complexity index is 607. The lowest BCUT2D eigenvalue weighted by Crippen LogP contribution is -2.59. The Hall–Kier alpha value is -1.72. The minimum absolute atomic E-state index is 0.0672. The van der Waals surface area contributed by atoms with Crippen LogP contribution < -0.4 is 0 Å². The van der Waals surface area contributed by atoms with Crippen LogP contribution in [0.1, 0.15) is 19.3 Å². The van der Waals surface area contributed by atoms with Crippen LogP contribution in [-0.4, -0.2) is 87.3 Å². The second-order valence-electron chi connectivity index (χ2n) is 6.07. The molecule has 8 heteroatoms. The molecule has 0 aromatic heterocycles. The molecule has 0 aromatic carbocycles. The van der Waals surface area contributed by atoms with Crippen LogP contribution in [0.2, 0.25) is 0 Å². The van der Waals surface area contributed by atoms with Gasteiger partial charge in [-0.15, -0.1) is 0 Å². The molecule has 0 aromatic rings. The van der Waals surface area contributed by atoms with Crippen molar-refractivity contribution in [3.8, 4) is 23.7 Å². The number of aliphatic hydroxyl groups is 6. The summed E-state index contributed by atoms with van der Waals surface area (Å²) in [5, 5.41) is 56.5. The number of hydrogen-bond donors (Lipinski definition) is 6. The third-order valence-electron chi connectivity index (χ3n) is 4.00. The summed E-state index contributed by atoms with van der Waals surface area (Å²) in [4.78, 5) is 0. The molecule has 0 amide bonds. The van der Waals surface area contributed by atoms with Gasteiger partial charge in [-0.25, -0.2) is 0 Å². The lowest BCUT2D eigenvalue weighted by Gasteiger charge is -2.40. The van der Waals surface area contributed by atoms with Gasteiger partial charge in [0.25, 0.3) is 0 Å². The Labute approximate surface area is 164 Å². The summed E-state index contributed by atoms with van der Waals surface area (Å²) in [7, 11) is 0. The third-order valence-corrected chi connectivity index (χ3v) is 4.00. The van der Waals surface area contributed by atoms with Crippen molar-refractivity contribution in [1.29, 1.82) is 0 Å². The van der Waals surface area contributed by atoms with Gasteiger partial charge >= 0.3 is 0 Å². The highest BCUT2D eigenvalue weighted by Gasteiger charge is 2.44. The second kappa shape index (κ2) is 14.3. The first-order valence-electron chi connectivity index (χ1n) is 9.03. The molecular formula is C20H28O8. The Kier molecular flexibility index (Phi) is 12.4. The van der Waals surface area contributed by atoms with Crippen LogP contribution >= 0.6 is 0 Å². The summed E-state index contributed by atoms with van der Waals surface area (Å²) in [6.45, 7) is -0.736. The fourth-order valence-corrected chi connectivity index (χ4v) is 2.49. The van der Waals surface area contributed by atoms with E-state index >= 15 is 0 Å². The highest BCUT2D eigenvalue weighted by Crippen LogP contribution is 2.24. The van der Waals surface area contributed by atoms with Crippen molar-refractivity contribution in [3.05, 3.63) is 24.3 Å². The number of aliphatic hydroxyl groups excluding tert-OH is 6. The van der Waals surface area contributed by atoms with E-state index in [2.05, 4.69) is 23.7 Å². The van der Waals surface area contributed by atoms with Crippen molar-refractivity contribution in [2.24, 2.45) is 0 Å². The molecule has 1 saturated heterocycles. The maximum Gasteiger partial charge on any atom is 0.186 e. The van der Waals surface area contributed by atoms with Gasteiger partial charge in [0, 0.05) is 6.61 Å². The molecule has 0 bridgehead atoms. The van der Waals surface area contributed by atoms with Crippen LogP contribution in [0.15, 0.2) is 24.3 Å². The van der Waals surface area contributed by atoms with Crippen molar-refractivity contribution in [2.45, 2.75) is 56.1 Å². The fraction of sp³-hybridized carbons (Fsp3) is 0.600. The molecule has 0 aliphatic carbocycles. The number of ether oxygens (including phenoxy) is 2. The molecule has 28 heavy (non-hydrogen) atoms. The van der Waals surface area contributed by atoms with Crippen LogP contribution in [0.25, 0.3) is 0 Å². The Balaban J connectivity index is 2.52. The minimum Gasteiger partial charge on any atom is -0.396 e. The summed E-state index contributed by atoms with van der Waals surface area (Å²) < 4.78 is 11.0. The van der Waals surface area contributed by atoms with Gasteiger partial charge in [0.2, 0.25) is 0 Å². The smallest absolute Gasteiger partial charge is 0.186 e. The van der Waals surface area contributed by atoms with Gasteiger partial charge in [-0.05, 0) is 43.3 Å². The summed E-state index contributed by atoms with van der Waals surface area (Å²) >= 11 is 0. The summed E-state index contributed by atoms with van der Waals surface area (Å²) in [6.07, 6.45) is 0.660. The zero-order valence-corrected chi connectivity index (χ0v) is 15.5. The first kappa shape index (κ1) is 24.3. The molecule has 6 N–H and O–H groups in total. The quantitative estimate of drug-likeness (QED) is 0.257. The zero-order valence-electron chi connectivity index (χ0n) is 15.5. The molecule has 1 fully saturated rings. The molecule has 0 unspecified atom stereocenters. The van der Waals surface area contributed by atoms with Crippen molar-refractivity contribution in [3.63, 3.8) is 0 Å². The second-order valence-corrected chi connectivity index (χ2v) is 6.07. The van der Waals surface area contributed by atoms with E-state index in [0.29, 0.717) is 12.8 Å². The highest BCUT2D eigenvalue weighted by molar-refractivity contribution is 5.33. The normalized spacial score (nSPS) is 28.6. The van der Waals surface area contributed by atoms with E-state index in [9.17, 15) is 25.5 Å². The SMILES string of the molecule is OCC=CC#CC#CC=CCC[C@@H](CCO)O[C@@H]1O[C@H](CO)[C@@H](O)[C@H](O)[C@H]1O. The maximum absolute atomic E-state index is 10.0. The molecule has 0 saturated carbocycles. The van der Waals surface area contributed by atoms with E-state index in [1.54, 1.807) is 12.2 Å². The first-order valence-corrected chi connectivity index (χ1v) is 9.03. The monoisotopic (exact) mass is 396 g/mol. The van der Waals surface area contributed by atoms with E-state index in [0.717, 1.165) is 0 Å². The molecule has 1 rings (SSSR count). The highest BCUT2D eigenvalue weighted by atomic mass is 16.7. The lowest BCUT2D eigenvalue weighted by atomic mass is 9.99.